The molecule has 104 valence electrons. The van der Waals surface area contributed by atoms with Crippen LogP contribution >= 0.6 is 0 Å². The first kappa shape index (κ1) is 14.1. The van der Waals surface area contributed by atoms with Crippen molar-refractivity contribution in [3.05, 3.63) is 65.0 Å². The van der Waals surface area contributed by atoms with E-state index in [0.717, 1.165) is 0 Å². The van der Waals surface area contributed by atoms with Crippen LogP contribution in [-0.4, -0.2) is 12.4 Å². The third-order valence-corrected chi connectivity index (χ3v) is 2.77. The van der Waals surface area contributed by atoms with E-state index >= 15 is 0 Å². The van der Waals surface area contributed by atoms with Gasteiger partial charge in [0.05, 0.1) is 0 Å². The number of ketones is 1. The zero-order chi connectivity index (χ0) is 14.7. The molecule has 0 aliphatic rings. The maximum Gasteiger partial charge on any atom is 0.387 e. The average Bonchev–Trinajstić information content (AvgIpc) is 2.38. The highest BCUT2D eigenvalue weighted by Gasteiger charge is 2.13. The Morgan fingerprint density at radius 1 is 1.10 bits per heavy atom. The van der Waals surface area contributed by atoms with Gasteiger partial charge in [-0.2, -0.15) is 8.78 Å². The molecule has 0 N–H and O–H groups in total. The summed E-state index contributed by atoms with van der Waals surface area (Å²) < 4.78 is 41.2. The molecule has 0 saturated heterocycles. The summed E-state index contributed by atoms with van der Waals surface area (Å²) >= 11 is 0. The van der Waals surface area contributed by atoms with E-state index in [1.807, 2.05) is 0 Å². The first-order valence-electron chi connectivity index (χ1n) is 5.83. The maximum absolute atomic E-state index is 13.0. The lowest BCUT2D eigenvalue weighted by atomic mass is 9.99. The Labute approximate surface area is 113 Å². The molecule has 0 spiro atoms. The lowest BCUT2D eigenvalue weighted by molar-refractivity contribution is -0.0498. The van der Waals surface area contributed by atoms with Gasteiger partial charge >= 0.3 is 6.61 Å². The molecule has 0 radical (unpaired) electrons. The van der Waals surface area contributed by atoms with E-state index < -0.39 is 12.4 Å². The fourth-order valence-corrected chi connectivity index (χ4v) is 1.83. The summed E-state index contributed by atoms with van der Waals surface area (Å²) in [5.41, 5.74) is 1.21. The van der Waals surface area contributed by atoms with Crippen molar-refractivity contribution in [2.45, 2.75) is 13.5 Å². The highest BCUT2D eigenvalue weighted by atomic mass is 19.3. The quantitative estimate of drug-likeness (QED) is 0.792. The third kappa shape index (κ3) is 3.17. The predicted molar refractivity (Wildman–Crippen MR) is 67.6 cm³/mol. The van der Waals surface area contributed by atoms with Gasteiger partial charge in [0.1, 0.15) is 11.6 Å². The summed E-state index contributed by atoms with van der Waals surface area (Å²) in [6.45, 7) is -1.28. The van der Waals surface area contributed by atoms with E-state index in [1.54, 1.807) is 6.92 Å². The fraction of sp³-hybridized carbons (Fsp3) is 0.133. The van der Waals surface area contributed by atoms with Crippen LogP contribution in [0.15, 0.2) is 42.5 Å². The molecule has 0 saturated carbocycles. The maximum atomic E-state index is 13.0. The van der Waals surface area contributed by atoms with Crippen molar-refractivity contribution in [3.63, 3.8) is 0 Å². The van der Waals surface area contributed by atoms with Crippen molar-refractivity contribution in [3.8, 4) is 5.75 Å². The Morgan fingerprint density at radius 3 is 2.30 bits per heavy atom. The van der Waals surface area contributed by atoms with Gasteiger partial charge in [-0.1, -0.05) is 0 Å². The zero-order valence-corrected chi connectivity index (χ0v) is 10.6. The number of hydrogen-bond acceptors (Lipinski definition) is 2. The van der Waals surface area contributed by atoms with Gasteiger partial charge in [0.2, 0.25) is 0 Å². The number of carbonyl (C=O) groups is 1. The Balaban J connectivity index is 2.25. The molecule has 0 heterocycles. The van der Waals surface area contributed by atoms with Crippen molar-refractivity contribution in [1.29, 1.82) is 0 Å². The van der Waals surface area contributed by atoms with Gasteiger partial charge in [-0.3, -0.25) is 4.79 Å². The molecule has 0 aromatic heterocycles. The van der Waals surface area contributed by atoms with Gasteiger partial charge in [-0.05, 0) is 55.0 Å². The molecular weight excluding hydrogens is 269 g/mol. The highest BCUT2D eigenvalue weighted by Crippen LogP contribution is 2.19. The molecule has 0 fully saturated rings. The first-order valence-corrected chi connectivity index (χ1v) is 5.83. The fourth-order valence-electron chi connectivity index (χ4n) is 1.83. The largest absolute Gasteiger partial charge is 0.435 e. The smallest absolute Gasteiger partial charge is 0.387 e. The monoisotopic (exact) mass is 280 g/mol. The van der Waals surface area contributed by atoms with Crippen LogP contribution in [0, 0.1) is 12.7 Å². The molecule has 2 aromatic rings. The summed E-state index contributed by atoms with van der Waals surface area (Å²) in [4.78, 5) is 12.2. The number of benzene rings is 2. The average molecular weight is 280 g/mol. The molecule has 2 rings (SSSR count). The van der Waals surface area contributed by atoms with Crippen LogP contribution < -0.4 is 4.74 Å². The molecule has 2 nitrogen and oxygen atoms in total. The minimum atomic E-state index is -2.91. The second-order valence-corrected chi connectivity index (χ2v) is 4.19. The molecule has 0 amide bonds. The standard InChI is InChI=1S/C15H11F3O2/c1-9-8-11(16)4-7-13(9)14(19)10-2-5-12(6-3-10)20-15(17)18/h2-8,15H,1H3. The zero-order valence-electron chi connectivity index (χ0n) is 10.6. The van der Waals surface area contributed by atoms with E-state index in [-0.39, 0.29) is 11.5 Å². The number of hydrogen-bond donors (Lipinski definition) is 0. The summed E-state index contributed by atoms with van der Waals surface area (Å²) in [6, 6.07) is 9.23. The number of ether oxygens (including phenoxy) is 1. The molecule has 0 aliphatic carbocycles. The molecule has 0 bridgehead atoms. The van der Waals surface area contributed by atoms with Crippen LogP contribution in [0.3, 0.4) is 0 Å². The van der Waals surface area contributed by atoms with E-state index in [0.29, 0.717) is 16.7 Å². The minimum Gasteiger partial charge on any atom is -0.435 e. The number of carbonyl (C=O) groups excluding carboxylic acids is 1. The van der Waals surface area contributed by atoms with Crippen LogP contribution in [0.25, 0.3) is 0 Å². The van der Waals surface area contributed by atoms with Crippen LogP contribution in [0.2, 0.25) is 0 Å². The highest BCUT2D eigenvalue weighted by molar-refractivity contribution is 6.09. The van der Waals surface area contributed by atoms with Gasteiger partial charge in [-0.25, -0.2) is 4.39 Å². The number of rotatable bonds is 4. The topological polar surface area (TPSA) is 26.3 Å². The van der Waals surface area contributed by atoms with Gasteiger partial charge in [0.25, 0.3) is 0 Å². The Morgan fingerprint density at radius 2 is 1.75 bits per heavy atom. The number of halogens is 3. The lowest BCUT2D eigenvalue weighted by Crippen LogP contribution is -2.05. The minimum absolute atomic E-state index is 0.0209. The molecule has 5 heteroatoms. The first-order chi connectivity index (χ1) is 9.47. The summed E-state index contributed by atoms with van der Waals surface area (Å²) in [5, 5.41) is 0. The van der Waals surface area contributed by atoms with Crippen LogP contribution in [0.1, 0.15) is 21.5 Å². The Bertz CT molecular complexity index is 622. The van der Waals surface area contributed by atoms with E-state index in [1.165, 1.54) is 42.5 Å². The van der Waals surface area contributed by atoms with Gasteiger partial charge in [0.15, 0.2) is 5.78 Å². The SMILES string of the molecule is Cc1cc(F)ccc1C(=O)c1ccc(OC(F)F)cc1. The van der Waals surface area contributed by atoms with Crippen LogP contribution in [-0.2, 0) is 0 Å². The number of aryl methyl sites for hydroxylation is 1. The van der Waals surface area contributed by atoms with Crippen molar-refractivity contribution < 1.29 is 22.7 Å². The molecular formula is C15H11F3O2. The van der Waals surface area contributed by atoms with Gasteiger partial charge < -0.3 is 4.74 Å². The Hall–Kier alpha value is -2.30. The lowest BCUT2D eigenvalue weighted by Gasteiger charge is -2.07. The molecule has 0 aliphatic heterocycles. The molecule has 20 heavy (non-hydrogen) atoms. The summed E-state index contributed by atoms with van der Waals surface area (Å²) in [5.74, 6) is -0.738. The molecule has 2 aromatic carbocycles. The van der Waals surface area contributed by atoms with Crippen molar-refractivity contribution >= 4 is 5.78 Å². The number of alkyl halides is 2. The second-order valence-electron chi connectivity index (χ2n) is 4.19. The summed E-state index contributed by atoms with van der Waals surface area (Å²) in [6.07, 6.45) is 0. The van der Waals surface area contributed by atoms with Crippen molar-refractivity contribution in [2.24, 2.45) is 0 Å². The van der Waals surface area contributed by atoms with Crippen molar-refractivity contribution in [1.82, 2.24) is 0 Å². The second kappa shape index (κ2) is 5.77. The predicted octanol–water partition coefficient (Wildman–Crippen LogP) is 3.97. The van der Waals surface area contributed by atoms with Crippen LogP contribution in [0.4, 0.5) is 13.2 Å². The Kier molecular flexibility index (Phi) is 4.08. The van der Waals surface area contributed by atoms with Gasteiger partial charge in [0, 0.05) is 11.1 Å². The molecule has 0 atom stereocenters. The summed E-state index contributed by atoms with van der Waals surface area (Å²) in [7, 11) is 0. The van der Waals surface area contributed by atoms with Gasteiger partial charge in [-0.15, -0.1) is 0 Å². The van der Waals surface area contributed by atoms with Crippen LogP contribution in [0.5, 0.6) is 5.75 Å². The van der Waals surface area contributed by atoms with E-state index in [2.05, 4.69) is 4.74 Å². The third-order valence-electron chi connectivity index (χ3n) is 2.77. The van der Waals surface area contributed by atoms with Crippen molar-refractivity contribution in [2.75, 3.05) is 0 Å². The normalized spacial score (nSPS) is 10.7. The molecule has 0 unspecified atom stereocenters. The van der Waals surface area contributed by atoms with E-state index in [4.69, 9.17) is 0 Å². The van der Waals surface area contributed by atoms with E-state index in [9.17, 15) is 18.0 Å².